The third-order valence-corrected chi connectivity index (χ3v) is 9.96. The lowest BCUT2D eigenvalue weighted by Gasteiger charge is -2.39. The lowest BCUT2D eigenvalue weighted by molar-refractivity contribution is -0.145. The maximum atomic E-state index is 13.6. The van der Waals surface area contributed by atoms with Crippen LogP contribution in [0.5, 0.6) is 0 Å². The molecule has 1 aromatic heterocycles. The molecule has 2 N–H and O–H groups in total. The molecule has 1 atom stereocenters. The number of fused-ring (bicyclic) bond motifs is 1. The lowest BCUT2D eigenvalue weighted by atomic mass is 9.85. The molecule has 0 bridgehead atoms. The van der Waals surface area contributed by atoms with Crippen LogP contribution in [-0.4, -0.2) is 48.8 Å². The van der Waals surface area contributed by atoms with E-state index in [4.69, 9.17) is 0 Å². The van der Waals surface area contributed by atoms with Crippen LogP contribution in [0, 0.1) is 5.92 Å². The lowest BCUT2D eigenvalue weighted by Crippen LogP contribution is -2.54. The number of aromatic nitrogens is 1. The zero-order valence-corrected chi connectivity index (χ0v) is 23.8. The zero-order chi connectivity index (χ0) is 28.6. The Hall–Kier alpha value is -3.95. The topological polar surface area (TPSA) is 101 Å². The molecular weight excluding hydrogens is 536 g/mol. The van der Waals surface area contributed by atoms with Gasteiger partial charge in [0.25, 0.3) is 0 Å². The van der Waals surface area contributed by atoms with Gasteiger partial charge >= 0.3 is 0 Å². The van der Waals surface area contributed by atoms with Crippen LogP contribution in [0.3, 0.4) is 0 Å². The van der Waals surface area contributed by atoms with Crippen LogP contribution < -0.4 is 10.0 Å². The standard InChI is InChI=1S/C32H34N4O4S/c1-35-28(22-8-4-2-5-9-22)18-25-14-17-27(19-29(25)35)41(39,40)34-26-15-12-24(13-16-26)32(38)36-21-31(37)33-20-30(36)23-10-6-3-7-11-23/h2-11,14,17-19,24,26,30,34H,12-13,15-16,20-21H2,1H3,(H,33,37)/t24-,26-,30-/m1/s1. The first-order chi connectivity index (χ1) is 19.8. The van der Waals surface area contributed by atoms with Crippen LogP contribution in [0.25, 0.3) is 22.2 Å². The number of benzene rings is 3. The summed E-state index contributed by atoms with van der Waals surface area (Å²) in [5.74, 6) is -0.416. The third kappa shape index (κ3) is 5.52. The molecule has 1 saturated carbocycles. The van der Waals surface area contributed by atoms with E-state index in [0.717, 1.165) is 27.7 Å². The maximum absolute atomic E-state index is 13.6. The summed E-state index contributed by atoms with van der Waals surface area (Å²) < 4.78 is 31.7. The molecule has 4 aromatic rings. The van der Waals surface area contributed by atoms with Gasteiger partial charge in [0.2, 0.25) is 21.8 Å². The van der Waals surface area contributed by atoms with Crippen LogP contribution in [0.15, 0.2) is 89.8 Å². The first-order valence-corrected chi connectivity index (χ1v) is 15.6. The Morgan fingerprint density at radius 1 is 0.902 bits per heavy atom. The highest BCUT2D eigenvalue weighted by molar-refractivity contribution is 7.89. The molecule has 0 spiro atoms. The van der Waals surface area contributed by atoms with Gasteiger partial charge in [0.1, 0.15) is 6.54 Å². The molecular formula is C32H34N4O4S. The molecule has 3 aromatic carbocycles. The summed E-state index contributed by atoms with van der Waals surface area (Å²) >= 11 is 0. The number of nitrogens with one attached hydrogen (secondary N) is 2. The minimum Gasteiger partial charge on any atom is -0.352 e. The third-order valence-electron chi connectivity index (χ3n) is 8.45. The van der Waals surface area contributed by atoms with Crippen molar-refractivity contribution in [2.75, 3.05) is 13.1 Å². The summed E-state index contributed by atoms with van der Waals surface area (Å²) in [6, 6.07) is 26.6. The van der Waals surface area contributed by atoms with E-state index in [1.165, 1.54) is 0 Å². The predicted octanol–water partition coefficient (Wildman–Crippen LogP) is 4.38. The number of aryl methyl sites for hydroxylation is 1. The van der Waals surface area contributed by atoms with Gasteiger partial charge in [0, 0.05) is 42.1 Å². The quantitative estimate of drug-likeness (QED) is 0.359. The maximum Gasteiger partial charge on any atom is 0.240 e. The van der Waals surface area contributed by atoms with Crippen molar-refractivity contribution in [1.29, 1.82) is 0 Å². The van der Waals surface area contributed by atoms with E-state index in [1.54, 1.807) is 17.0 Å². The second-order valence-corrected chi connectivity index (χ2v) is 12.8. The highest BCUT2D eigenvalue weighted by Gasteiger charge is 2.37. The number of carbonyl (C=O) groups excluding carboxylic acids is 2. The van der Waals surface area contributed by atoms with E-state index in [0.29, 0.717) is 32.2 Å². The molecule has 0 unspecified atom stereocenters. The van der Waals surface area contributed by atoms with E-state index in [2.05, 4.69) is 16.1 Å². The second-order valence-electron chi connectivity index (χ2n) is 11.0. The summed E-state index contributed by atoms with van der Waals surface area (Å²) in [7, 11) is -1.80. The number of hydrogen-bond donors (Lipinski definition) is 2. The van der Waals surface area contributed by atoms with Crippen molar-refractivity contribution in [3.63, 3.8) is 0 Å². The fourth-order valence-electron chi connectivity index (χ4n) is 6.19. The van der Waals surface area contributed by atoms with Crippen molar-refractivity contribution < 1.29 is 18.0 Å². The molecule has 1 aliphatic carbocycles. The Labute approximate surface area is 240 Å². The fourth-order valence-corrected chi connectivity index (χ4v) is 7.51. The Kier molecular flexibility index (Phi) is 7.40. The summed E-state index contributed by atoms with van der Waals surface area (Å²) in [6.45, 7) is 0.431. The SMILES string of the molecule is Cn1c(-c2ccccc2)cc2ccc(S(=O)(=O)N[C@H]3CC[C@H](C(=O)N4CC(=O)NC[C@@H]4c4ccccc4)CC3)cc21. The molecule has 2 heterocycles. The molecule has 8 nitrogen and oxygen atoms in total. The first-order valence-electron chi connectivity index (χ1n) is 14.1. The van der Waals surface area contributed by atoms with Gasteiger partial charge in [-0.2, -0.15) is 0 Å². The average Bonchev–Trinajstić information content (AvgIpc) is 3.33. The van der Waals surface area contributed by atoms with Crippen molar-refractivity contribution in [3.05, 3.63) is 90.5 Å². The molecule has 2 amide bonds. The Balaban J connectivity index is 1.13. The molecule has 41 heavy (non-hydrogen) atoms. The molecule has 2 aliphatic rings. The van der Waals surface area contributed by atoms with Crippen LogP contribution in [0.2, 0.25) is 0 Å². The van der Waals surface area contributed by atoms with E-state index in [1.807, 2.05) is 78.3 Å². The molecule has 9 heteroatoms. The number of nitrogens with zero attached hydrogens (tertiary/aromatic N) is 2. The van der Waals surface area contributed by atoms with Crippen molar-refractivity contribution in [2.24, 2.45) is 13.0 Å². The highest BCUT2D eigenvalue weighted by atomic mass is 32.2. The number of rotatable bonds is 6. The summed E-state index contributed by atoms with van der Waals surface area (Å²) in [5, 5.41) is 3.86. The van der Waals surface area contributed by atoms with Crippen LogP contribution in [-0.2, 0) is 26.7 Å². The Morgan fingerprint density at radius 3 is 2.29 bits per heavy atom. The Morgan fingerprint density at radius 2 is 1.59 bits per heavy atom. The minimum atomic E-state index is -3.75. The Bertz CT molecular complexity index is 1680. The van der Waals surface area contributed by atoms with E-state index in [-0.39, 0.29) is 41.3 Å². The van der Waals surface area contributed by atoms with Gasteiger partial charge in [-0.05, 0) is 55.0 Å². The van der Waals surface area contributed by atoms with Crippen LogP contribution in [0.4, 0.5) is 0 Å². The van der Waals surface area contributed by atoms with Crippen molar-refractivity contribution >= 4 is 32.7 Å². The van der Waals surface area contributed by atoms with E-state index in [9.17, 15) is 18.0 Å². The fraction of sp³-hybridized carbons (Fsp3) is 0.312. The smallest absolute Gasteiger partial charge is 0.240 e. The summed E-state index contributed by atoms with van der Waals surface area (Å²) in [5.41, 5.74) is 3.93. The van der Waals surface area contributed by atoms with Gasteiger partial charge in [-0.3, -0.25) is 9.59 Å². The minimum absolute atomic E-state index is 0.0293. The van der Waals surface area contributed by atoms with Gasteiger partial charge in [0.15, 0.2) is 0 Å². The second kappa shape index (κ2) is 11.1. The van der Waals surface area contributed by atoms with Crippen molar-refractivity contribution in [2.45, 2.75) is 42.7 Å². The van der Waals surface area contributed by atoms with Gasteiger partial charge < -0.3 is 14.8 Å². The predicted molar refractivity (Wildman–Crippen MR) is 158 cm³/mol. The number of hydrogen-bond acceptors (Lipinski definition) is 4. The van der Waals surface area contributed by atoms with Crippen LogP contribution in [0.1, 0.15) is 37.3 Å². The number of sulfonamides is 1. The summed E-state index contributed by atoms with van der Waals surface area (Å²) in [4.78, 5) is 27.7. The molecule has 1 saturated heterocycles. The average molecular weight is 571 g/mol. The number of piperazine rings is 1. The van der Waals surface area contributed by atoms with E-state index >= 15 is 0 Å². The van der Waals surface area contributed by atoms with Crippen LogP contribution >= 0.6 is 0 Å². The number of amides is 2. The largest absolute Gasteiger partial charge is 0.352 e. The van der Waals surface area contributed by atoms with Gasteiger partial charge in [-0.15, -0.1) is 0 Å². The number of carbonyl (C=O) groups is 2. The van der Waals surface area contributed by atoms with Gasteiger partial charge in [-0.25, -0.2) is 13.1 Å². The first kappa shape index (κ1) is 27.2. The zero-order valence-electron chi connectivity index (χ0n) is 23.0. The molecule has 1 aliphatic heterocycles. The van der Waals surface area contributed by atoms with Gasteiger partial charge in [-0.1, -0.05) is 66.7 Å². The normalized spacial score (nSPS) is 21.5. The van der Waals surface area contributed by atoms with Crippen molar-refractivity contribution in [3.8, 4) is 11.3 Å². The molecule has 2 fully saturated rings. The van der Waals surface area contributed by atoms with E-state index < -0.39 is 10.0 Å². The monoisotopic (exact) mass is 570 g/mol. The van der Waals surface area contributed by atoms with Crippen molar-refractivity contribution in [1.82, 2.24) is 19.5 Å². The molecule has 212 valence electrons. The molecule has 6 rings (SSSR count). The van der Waals surface area contributed by atoms with Gasteiger partial charge in [0.05, 0.1) is 10.9 Å². The molecule has 0 radical (unpaired) electrons. The summed E-state index contributed by atoms with van der Waals surface area (Å²) in [6.07, 6.45) is 2.28. The highest BCUT2D eigenvalue weighted by Crippen LogP contribution is 2.32.